The number of carboxylic acids is 1. The second kappa shape index (κ2) is 6.73. The third kappa shape index (κ3) is 2.75. The van der Waals surface area contributed by atoms with Crippen molar-refractivity contribution in [1.82, 2.24) is 14.8 Å². The molecule has 4 rings (SSSR count). The van der Waals surface area contributed by atoms with Crippen molar-refractivity contribution in [2.24, 2.45) is 0 Å². The number of hydrogen-bond donors (Lipinski definition) is 3. The Labute approximate surface area is 159 Å². The number of carbonyl (C=O) groups is 1. The fourth-order valence-electron chi connectivity index (χ4n) is 3.39. The number of H-pyrrole nitrogens is 1. The van der Waals surface area contributed by atoms with Gasteiger partial charge in [0.2, 0.25) is 0 Å². The molecular formula is C20H18N4O4. The molecule has 2 heterocycles. The van der Waals surface area contributed by atoms with Crippen LogP contribution in [0.25, 0.3) is 27.5 Å². The number of benzene rings is 2. The van der Waals surface area contributed by atoms with E-state index in [1.165, 1.54) is 4.68 Å². The Morgan fingerprint density at radius 1 is 1.25 bits per heavy atom. The first kappa shape index (κ1) is 17.6. The summed E-state index contributed by atoms with van der Waals surface area (Å²) in [6.45, 7) is 1.48. The largest absolute Gasteiger partial charge is 0.482 e. The molecule has 0 aliphatic carbocycles. The van der Waals surface area contributed by atoms with Gasteiger partial charge < -0.3 is 20.6 Å². The van der Waals surface area contributed by atoms with Gasteiger partial charge in [0, 0.05) is 10.9 Å². The van der Waals surface area contributed by atoms with Crippen molar-refractivity contribution < 1.29 is 14.6 Å². The monoisotopic (exact) mass is 378 g/mol. The lowest BCUT2D eigenvalue weighted by Gasteiger charge is -2.14. The number of fused-ring (bicyclic) bond motifs is 3. The summed E-state index contributed by atoms with van der Waals surface area (Å²) in [5.41, 5.74) is 8.58. The van der Waals surface area contributed by atoms with E-state index in [0.717, 1.165) is 10.9 Å². The predicted octanol–water partition coefficient (Wildman–Crippen LogP) is 2.48. The molecule has 8 heteroatoms. The number of aliphatic carboxylic acids is 1. The Balaban J connectivity index is 1.97. The van der Waals surface area contributed by atoms with Crippen LogP contribution in [0.5, 0.6) is 5.75 Å². The van der Waals surface area contributed by atoms with E-state index in [4.69, 9.17) is 15.6 Å². The van der Waals surface area contributed by atoms with Gasteiger partial charge in [0.1, 0.15) is 22.5 Å². The molecule has 28 heavy (non-hydrogen) atoms. The number of para-hydroxylation sites is 1. The molecule has 4 N–H and O–H groups in total. The zero-order chi connectivity index (χ0) is 19.8. The van der Waals surface area contributed by atoms with Crippen molar-refractivity contribution in [3.05, 3.63) is 58.4 Å². The predicted molar refractivity (Wildman–Crippen MR) is 106 cm³/mol. The summed E-state index contributed by atoms with van der Waals surface area (Å²) >= 11 is 0. The fourth-order valence-corrected chi connectivity index (χ4v) is 3.39. The first-order valence-corrected chi connectivity index (χ1v) is 8.77. The molecule has 4 aromatic rings. The van der Waals surface area contributed by atoms with Gasteiger partial charge >= 0.3 is 5.97 Å². The minimum atomic E-state index is -1.06. The number of carboxylic acid groups (broad SMARTS) is 1. The average molecular weight is 378 g/mol. The molecule has 0 atom stereocenters. The van der Waals surface area contributed by atoms with Gasteiger partial charge in [0.25, 0.3) is 5.56 Å². The highest BCUT2D eigenvalue weighted by atomic mass is 16.5. The fraction of sp³-hybridized carbons (Fsp3) is 0.150. The summed E-state index contributed by atoms with van der Waals surface area (Å²) < 4.78 is 6.92. The Morgan fingerprint density at radius 2 is 2.04 bits per heavy atom. The van der Waals surface area contributed by atoms with E-state index in [2.05, 4.69) is 10.1 Å². The van der Waals surface area contributed by atoms with Crippen LogP contribution in [0.15, 0.2) is 47.3 Å². The quantitative estimate of drug-likeness (QED) is 0.490. The van der Waals surface area contributed by atoms with Crippen molar-refractivity contribution in [2.75, 3.05) is 12.3 Å². The molecule has 0 aliphatic rings. The summed E-state index contributed by atoms with van der Waals surface area (Å²) in [4.78, 5) is 26.3. The van der Waals surface area contributed by atoms with Gasteiger partial charge in [-0.25, -0.2) is 9.48 Å². The molecule has 0 fully saturated rings. The maximum Gasteiger partial charge on any atom is 0.341 e. The lowest BCUT2D eigenvalue weighted by Crippen LogP contribution is -2.12. The molecule has 0 unspecified atom stereocenters. The van der Waals surface area contributed by atoms with Gasteiger partial charge in [-0.05, 0) is 24.6 Å². The third-order valence-electron chi connectivity index (χ3n) is 4.62. The normalized spacial score (nSPS) is 11.2. The first-order valence-electron chi connectivity index (χ1n) is 8.77. The Hall–Kier alpha value is -3.81. The summed E-state index contributed by atoms with van der Waals surface area (Å²) in [6, 6.07) is 12.6. The Kier molecular flexibility index (Phi) is 4.23. The number of nitrogens with one attached hydrogen (secondary N) is 1. The number of anilines is 1. The number of nitrogens with zero attached hydrogens (tertiary/aromatic N) is 2. The van der Waals surface area contributed by atoms with Crippen LogP contribution < -0.4 is 16.0 Å². The molecule has 0 saturated carbocycles. The number of hydrogen-bond acceptors (Lipinski definition) is 5. The van der Waals surface area contributed by atoms with Crippen LogP contribution in [-0.2, 0) is 11.2 Å². The van der Waals surface area contributed by atoms with Gasteiger partial charge in [0.05, 0.1) is 11.2 Å². The van der Waals surface area contributed by atoms with Crippen LogP contribution in [0.2, 0.25) is 0 Å². The second-order valence-corrected chi connectivity index (χ2v) is 6.31. The van der Waals surface area contributed by atoms with Gasteiger partial charge in [-0.1, -0.05) is 31.2 Å². The van der Waals surface area contributed by atoms with E-state index in [1.54, 1.807) is 12.1 Å². The highest BCUT2D eigenvalue weighted by Crippen LogP contribution is 2.31. The van der Waals surface area contributed by atoms with Gasteiger partial charge in [-0.15, -0.1) is 0 Å². The number of pyridine rings is 1. The molecule has 2 aromatic carbocycles. The van der Waals surface area contributed by atoms with E-state index < -0.39 is 12.6 Å². The molecular weight excluding hydrogens is 360 g/mol. The lowest BCUT2D eigenvalue weighted by molar-refractivity contribution is -0.139. The van der Waals surface area contributed by atoms with Crippen molar-refractivity contribution in [3.8, 4) is 11.4 Å². The van der Waals surface area contributed by atoms with E-state index in [0.29, 0.717) is 34.3 Å². The summed E-state index contributed by atoms with van der Waals surface area (Å²) in [6.07, 6.45) is 0.567. The zero-order valence-electron chi connectivity index (χ0n) is 15.1. The average Bonchev–Trinajstić information content (AvgIpc) is 3.04. The number of nitrogens with two attached hydrogens (primary N) is 1. The Morgan fingerprint density at radius 3 is 2.79 bits per heavy atom. The number of rotatable bonds is 5. The van der Waals surface area contributed by atoms with Crippen LogP contribution in [0.4, 0.5) is 5.82 Å². The molecule has 142 valence electrons. The van der Waals surface area contributed by atoms with Crippen LogP contribution in [0, 0.1) is 0 Å². The highest BCUT2D eigenvalue weighted by molar-refractivity contribution is 6.06. The van der Waals surface area contributed by atoms with E-state index in [1.807, 2.05) is 37.3 Å². The van der Waals surface area contributed by atoms with Crippen LogP contribution in [0.3, 0.4) is 0 Å². The standard InChI is InChI=1S/C20H18N4O4/c1-2-11-14(8-5-9-15(11)28-10-16(25)26)24-19(21)17-18(23-24)12-6-3-4-7-13(12)22-20(17)27/h3-9H,2,10,21H2,1H3,(H,22,27)(H,25,26). The number of ether oxygens (including phenoxy) is 1. The maximum absolute atomic E-state index is 12.6. The van der Waals surface area contributed by atoms with Gasteiger partial charge in [-0.3, -0.25) is 4.79 Å². The summed E-state index contributed by atoms with van der Waals surface area (Å²) in [5, 5.41) is 14.6. The minimum absolute atomic E-state index is 0.215. The van der Waals surface area contributed by atoms with Crippen molar-refractivity contribution in [1.29, 1.82) is 0 Å². The molecule has 0 saturated heterocycles. The zero-order valence-corrected chi connectivity index (χ0v) is 15.1. The number of aromatic amines is 1. The molecule has 0 radical (unpaired) electrons. The highest BCUT2D eigenvalue weighted by Gasteiger charge is 2.19. The Bertz CT molecular complexity index is 1270. The number of nitrogen functional groups attached to an aromatic ring is 1. The molecule has 8 nitrogen and oxygen atoms in total. The van der Waals surface area contributed by atoms with Crippen molar-refractivity contribution in [2.45, 2.75) is 13.3 Å². The van der Waals surface area contributed by atoms with E-state index >= 15 is 0 Å². The van der Waals surface area contributed by atoms with Crippen LogP contribution in [0.1, 0.15) is 12.5 Å². The maximum atomic E-state index is 12.6. The molecule has 2 aromatic heterocycles. The SMILES string of the molecule is CCc1c(OCC(=O)O)cccc1-n1nc2c(c1N)c(=O)[nH]c1ccccc12. The van der Waals surface area contributed by atoms with Gasteiger partial charge in [-0.2, -0.15) is 5.10 Å². The first-order chi connectivity index (χ1) is 13.5. The van der Waals surface area contributed by atoms with Crippen molar-refractivity contribution in [3.63, 3.8) is 0 Å². The van der Waals surface area contributed by atoms with Crippen LogP contribution in [-0.4, -0.2) is 32.4 Å². The second-order valence-electron chi connectivity index (χ2n) is 6.31. The third-order valence-corrected chi connectivity index (χ3v) is 4.62. The lowest BCUT2D eigenvalue weighted by atomic mass is 10.1. The molecule has 0 amide bonds. The van der Waals surface area contributed by atoms with E-state index in [9.17, 15) is 9.59 Å². The minimum Gasteiger partial charge on any atom is -0.482 e. The summed E-state index contributed by atoms with van der Waals surface area (Å²) in [7, 11) is 0. The topological polar surface area (TPSA) is 123 Å². The smallest absolute Gasteiger partial charge is 0.341 e. The van der Waals surface area contributed by atoms with Crippen molar-refractivity contribution >= 4 is 33.6 Å². The van der Waals surface area contributed by atoms with E-state index in [-0.39, 0.29) is 11.4 Å². The molecule has 0 aliphatic heterocycles. The molecule has 0 bridgehead atoms. The van der Waals surface area contributed by atoms with Crippen LogP contribution >= 0.6 is 0 Å². The molecule has 0 spiro atoms. The number of aromatic nitrogens is 3. The van der Waals surface area contributed by atoms with Gasteiger partial charge in [0.15, 0.2) is 6.61 Å². The summed E-state index contributed by atoms with van der Waals surface area (Å²) in [5.74, 6) is -0.401.